The van der Waals surface area contributed by atoms with Crippen molar-refractivity contribution >= 4 is 22.8 Å². The zero-order valence-electron chi connectivity index (χ0n) is 19.0. The van der Waals surface area contributed by atoms with Gasteiger partial charge in [-0.3, -0.25) is 14.4 Å². The quantitative estimate of drug-likeness (QED) is 0.499. The summed E-state index contributed by atoms with van der Waals surface area (Å²) in [5.41, 5.74) is -0.727. The molecule has 0 unspecified atom stereocenters. The van der Waals surface area contributed by atoms with Crippen molar-refractivity contribution in [1.29, 1.82) is 0 Å². The van der Waals surface area contributed by atoms with E-state index in [-0.39, 0.29) is 22.3 Å². The summed E-state index contributed by atoms with van der Waals surface area (Å²) in [6.07, 6.45) is -5.04. The van der Waals surface area contributed by atoms with Crippen molar-refractivity contribution in [1.82, 2.24) is 5.32 Å². The van der Waals surface area contributed by atoms with Crippen LogP contribution >= 0.6 is 0 Å². The molecule has 186 valence electrons. The Hall–Kier alpha value is -4.02. The summed E-state index contributed by atoms with van der Waals surface area (Å²) in [4.78, 5) is 35.0. The summed E-state index contributed by atoms with van der Waals surface area (Å²) < 4.78 is 56.7. The molecule has 11 heteroatoms. The van der Waals surface area contributed by atoms with E-state index in [9.17, 15) is 27.6 Å². The number of amides is 1. The molecule has 3 aromatic rings. The topological polar surface area (TPSA) is 115 Å². The fraction of sp³-hybridized carbons (Fsp3) is 0.292. The van der Waals surface area contributed by atoms with E-state index in [1.54, 1.807) is 12.1 Å². The number of carboxylic acids is 1. The minimum atomic E-state index is -5.04. The molecule has 8 nitrogen and oxygen atoms in total. The van der Waals surface area contributed by atoms with E-state index in [1.807, 2.05) is 20.8 Å². The molecule has 35 heavy (non-hydrogen) atoms. The highest BCUT2D eigenvalue weighted by Crippen LogP contribution is 2.39. The zero-order chi connectivity index (χ0) is 26.0. The number of hydrogen-bond acceptors (Lipinski definition) is 6. The Bertz CT molecular complexity index is 1310. The highest BCUT2D eigenvalue weighted by atomic mass is 19.4. The minimum Gasteiger partial charge on any atom is -0.484 e. The lowest BCUT2D eigenvalue weighted by Gasteiger charge is -2.19. The predicted octanol–water partition coefficient (Wildman–Crippen LogP) is 4.48. The lowest BCUT2D eigenvalue weighted by molar-refractivity contribution is -0.154. The molecule has 1 aromatic heterocycles. The highest BCUT2D eigenvalue weighted by molar-refractivity contribution is 5.83. The fourth-order valence-electron chi connectivity index (χ4n) is 3.04. The Morgan fingerprint density at radius 2 is 1.66 bits per heavy atom. The number of aliphatic carboxylic acids is 1. The first-order valence-corrected chi connectivity index (χ1v) is 10.3. The average molecular weight is 493 g/mol. The van der Waals surface area contributed by atoms with Gasteiger partial charge in [0.2, 0.25) is 11.2 Å². The van der Waals surface area contributed by atoms with Gasteiger partial charge in [-0.05, 0) is 35.2 Å². The molecular formula is C24H22F3NO7. The van der Waals surface area contributed by atoms with E-state index < -0.39 is 53.7 Å². The van der Waals surface area contributed by atoms with Crippen LogP contribution in [0.1, 0.15) is 32.1 Å². The van der Waals surface area contributed by atoms with Gasteiger partial charge in [-0.1, -0.05) is 32.9 Å². The number of carbonyl (C=O) groups excluding carboxylic acids is 1. The van der Waals surface area contributed by atoms with Gasteiger partial charge in [0.05, 0.1) is 5.39 Å². The summed E-state index contributed by atoms with van der Waals surface area (Å²) in [6.45, 7) is 4.71. The number of carbonyl (C=O) groups is 2. The van der Waals surface area contributed by atoms with Gasteiger partial charge in [0, 0.05) is 6.07 Å². The molecule has 1 amide bonds. The Labute approximate surface area is 197 Å². The predicted molar refractivity (Wildman–Crippen MR) is 119 cm³/mol. The number of alkyl halides is 3. The van der Waals surface area contributed by atoms with Crippen LogP contribution in [0.4, 0.5) is 13.2 Å². The van der Waals surface area contributed by atoms with E-state index in [4.69, 9.17) is 19.0 Å². The van der Waals surface area contributed by atoms with E-state index in [1.165, 1.54) is 24.3 Å². The third kappa shape index (κ3) is 6.31. The molecule has 0 fully saturated rings. The van der Waals surface area contributed by atoms with Crippen LogP contribution < -0.4 is 20.2 Å². The first kappa shape index (κ1) is 25.6. The van der Waals surface area contributed by atoms with Gasteiger partial charge in [-0.2, -0.15) is 13.2 Å². The second-order valence-corrected chi connectivity index (χ2v) is 8.58. The van der Waals surface area contributed by atoms with E-state index >= 15 is 0 Å². The molecule has 0 saturated heterocycles. The minimum absolute atomic E-state index is 0.0301. The molecule has 1 heterocycles. The van der Waals surface area contributed by atoms with Crippen LogP contribution in [0.5, 0.6) is 17.2 Å². The fourth-order valence-corrected chi connectivity index (χ4v) is 3.04. The van der Waals surface area contributed by atoms with Crippen molar-refractivity contribution in [3.05, 3.63) is 64.0 Å². The number of hydrogen-bond donors (Lipinski definition) is 2. The van der Waals surface area contributed by atoms with E-state index in [0.29, 0.717) is 0 Å². The second kappa shape index (κ2) is 9.69. The molecule has 0 saturated carbocycles. The van der Waals surface area contributed by atoms with Crippen molar-refractivity contribution in [2.45, 2.75) is 32.4 Å². The summed E-state index contributed by atoms with van der Waals surface area (Å²) in [5, 5.41) is 10.4. The Morgan fingerprint density at radius 1 is 1.03 bits per heavy atom. The van der Waals surface area contributed by atoms with Crippen molar-refractivity contribution in [2.24, 2.45) is 0 Å². The molecule has 0 aliphatic heterocycles. The first-order chi connectivity index (χ1) is 16.3. The smallest absolute Gasteiger partial charge is 0.453 e. The van der Waals surface area contributed by atoms with Crippen LogP contribution in [0.15, 0.2) is 51.7 Å². The molecule has 2 N–H and O–H groups in total. The third-order valence-corrected chi connectivity index (χ3v) is 4.83. The lowest BCUT2D eigenvalue weighted by Crippen LogP contribution is -2.33. The molecule has 3 rings (SSSR count). The molecular weight excluding hydrogens is 471 g/mol. The van der Waals surface area contributed by atoms with Gasteiger partial charge in [0.1, 0.15) is 23.6 Å². The number of nitrogens with one attached hydrogen (secondary N) is 1. The average Bonchev–Trinajstić information content (AvgIpc) is 2.77. The van der Waals surface area contributed by atoms with Crippen molar-refractivity contribution < 1.29 is 41.8 Å². The lowest BCUT2D eigenvalue weighted by atomic mass is 9.87. The molecule has 0 aliphatic rings. The number of benzene rings is 2. The number of ether oxygens (including phenoxy) is 2. The Balaban J connectivity index is 1.94. The maximum absolute atomic E-state index is 13.7. The molecule has 2 aromatic carbocycles. The molecule has 0 aliphatic carbocycles. The van der Waals surface area contributed by atoms with Crippen LogP contribution in [-0.2, 0) is 21.2 Å². The third-order valence-electron chi connectivity index (χ3n) is 4.83. The maximum Gasteiger partial charge on any atom is 0.453 e. The van der Waals surface area contributed by atoms with Crippen LogP contribution in [0.25, 0.3) is 11.0 Å². The largest absolute Gasteiger partial charge is 0.484 e. The summed E-state index contributed by atoms with van der Waals surface area (Å²) in [6, 6.07) is 9.80. The van der Waals surface area contributed by atoms with Gasteiger partial charge in [0.15, 0.2) is 6.61 Å². The van der Waals surface area contributed by atoms with Crippen molar-refractivity contribution in [3.8, 4) is 17.2 Å². The molecule has 0 spiro atoms. The first-order valence-electron chi connectivity index (χ1n) is 10.3. The van der Waals surface area contributed by atoms with E-state index in [2.05, 4.69) is 5.32 Å². The molecule has 0 radical (unpaired) electrons. The zero-order valence-corrected chi connectivity index (χ0v) is 19.0. The van der Waals surface area contributed by atoms with Crippen molar-refractivity contribution in [2.75, 3.05) is 13.2 Å². The number of carboxylic acid groups (broad SMARTS) is 1. The Kier molecular flexibility index (Phi) is 7.09. The Morgan fingerprint density at radius 3 is 2.23 bits per heavy atom. The number of fused-ring (bicyclic) bond motifs is 1. The standard InChI is InChI=1S/C24H22F3NO7/c1-23(2,3)13-4-6-14(7-5-13)34-21-20(32)16-9-8-15(33-12-18(29)28-11-19(30)31)10-17(16)35-22(21)24(25,26)27/h4-10H,11-12H2,1-3H3,(H,28,29)(H,30,31). The normalized spacial score (nSPS) is 11.8. The number of halogens is 3. The van der Waals surface area contributed by atoms with Crippen LogP contribution in [0.2, 0.25) is 0 Å². The highest BCUT2D eigenvalue weighted by Gasteiger charge is 2.40. The van der Waals surface area contributed by atoms with Crippen LogP contribution in [0, 0.1) is 0 Å². The van der Waals surface area contributed by atoms with Gasteiger partial charge in [0.25, 0.3) is 11.7 Å². The maximum atomic E-state index is 13.7. The van der Waals surface area contributed by atoms with Gasteiger partial charge in [-0.25, -0.2) is 0 Å². The SMILES string of the molecule is CC(C)(C)c1ccc(Oc2c(C(F)(F)F)oc3cc(OCC(=O)NCC(=O)O)ccc3c2=O)cc1. The second-order valence-electron chi connectivity index (χ2n) is 8.58. The molecule has 0 bridgehead atoms. The summed E-state index contributed by atoms with van der Waals surface area (Å²) in [5.74, 6) is -4.67. The number of rotatable bonds is 7. The van der Waals surface area contributed by atoms with Crippen LogP contribution in [0.3, 0.4) is 0 Å². The summed E-state index contributed by atoms with van der Waals surface area (Å²) >= 11 is 0. The van der Waals surface area contributed by atoms with E-state index in [0.717, 1.165) is 11.6 Å². The summed E-state index contributed by atoms with van der Waals surface area (Å²) in [7, 11) is 0. The van der Waals surface area contributed by atoms with Gasteiger partial charge >= 0.3 is 12.1 Å². The van der Waals surface area contributed by atoms with Gasteiger partial charge in [-0.15, -0.1) is 0 Å². The van der Waals surface area contributed by atoms with Crippen LogP contribution in [-0.4, -0.2) is 30.1 Å². The van der Waals surface area contributed by atoms with Crippen molar-refractivity contribution in [3.63, 3.8) is 0 Å². The molecule has 0 atom stereocenters. The van der Waals surface area contributed by atoms with Gasteiger partial charge < -0.3 is 24.3 Å². The monoisotopic (exact) mass is 493 g/mol.